The summed E-state index contributed by atoms with van der Waals surface area (Å²) in [6, 6.07) is -0.185. The maximum absolute atomic E-state index is 12.6. The molecule has 0 aliphatic rings. The van der Waals surface area contributed by atoms with E-state index in [0.717, 1.165) is 13.1 Å². The predicted molar refractivity (Wildman–Crippen MR) is 83.6 cm³/mol. The summed E-state index contributed by atoms with van der Waals surface area (Å²) in [7, 11) is -3.62. The van der Waals surface area contributed by atoms with E-state index < -0.39 is 10.0 Å². The molecule has 1 rings (SSSR count). The number of nitrogens with one attached hydrogen (secondary N) is 1. The molecule has 1 unspecified atom stereocenters. The van der Waals surface area contributed by atoms with Crippen LogP contribution in [0.2, 0.25) is 0 Å². The zero-order valence-electron chi connectivity index (χ0n) is 13.6. The molecule has 1 atom stereocenters. The molecule has 0 radical (unpaired) electrons. The van der Waals surface area contributed by atoms with Crippen molar-refractivity contribution < 1.29 is 12.8 Å². The number of rotatable bonds is 8. The number of nitrogens with zero attached hydrogens (tertiary/aromatic N) is 1. The number of hydrogen-bond donors (Lipinski definition) is 2. The average molecular weight is 317 g/mol. The van der Waals surface area contributed by atoms with Crippen molar-refractivity contribution in [1.29, 1.82) is 0 Å². The van der Waals surface area contributed by atoms with Crippen molar-refractivity contribution in [3.8, 4) is 0 Å². The molecule has 6 nitrogen and oxygen atoms in total. The third kappa shape index (κ3) is 4.29. The lowest BCUT2D eigenvalue weighted by Gasteiger charge is -2.23. The lowest BCUT2D eigenvalue weighted by Crippen LogP contribution is -2.42. The van der Waals surface area contributed by atoms with Crippen LogP contribution < -0.4 is 10.5 Å². The van der Waals surface area contributed by atoms with Crippen LogP contribution in [0.15, 0.2) is 9.31 Å². The molecule has 0 amide bonds. The minimum Gasteiger partial charge on any atom is -0.465 e. The molecule has 0 saturated heterocycles. The van der Waals surface area contributed by atoms with E-state index in [9.17, 15) is 8.42 Å². The van der Waals surface area contributed by atoms with Crippen LogP contribution in [0.4, 0.5) is 0 Å². The van der Waals surface area contributed by atoms with Crippen LogP contribution in [0.25, 0.3) is 0 Å². The van der Waals surface area contributed by atoms with E-state index in [4.69, 9.17) is 10.2 Å². The number of sulfonamides is 1. The van der Waals surface area contributed by atoms with Gasteiger partial charge in [-0.15, -0.1) is 0 Å². The molecule has 0 fully saturated rings. The second-order valence-corrected chi connectivity index (χ2v) is 6.89. The molecule has 0 bridgehead atoms. The van der Waals surface area contributed by atoms with Crippen molar-refractivity contribution >= 4 is 10.0 Å². The summed E-state index contributed by atoms with van der Waals surface area (Å²) in [5, 5.41) is 0. The van der Waals surface area contributed by atoms with E-state index in [1.54, 1.807) is 13.8 Å². The predicted octanol–water partition coefficient (Wildman–Crippen LogP) is 1.36. The molecule has 1 aromatic heterocycles. The molecular formula is C14H27N3O3S. The lowest BCUT2D eigenvalue weighted by atomic mass is 10.2. The smallest absolute Gasteiger partial charge is 0.244 e. The number of hydrogen-bond acceptors (Lipinski definition) is 5. The fourth-order valence-electron chi connectivity index (χ4n) is 2.53. The zero-order valence-corrected chi connectivity index (χ0v) is 14.4. The van der Waals surface area contributed by atoms with Crippen LogP contribution in [0.1, 0.15) is 37.9 Å². The molecule has 0 aliphatic heterocycles. The van der Waals surface area contributed by atoms with Gasteiger partial charge in [0.15, 0.2) is 0 Å². The fourth-order valence-corrected chi connectivity index (χ4v) is 4.22. The Kier molecular flexibility index (Phi) is 6.40. The summed E-state index contributed by atoms with van der Waals surface area (Å²) in [4.78, 5) is 2.36. The Morgan fingerprint density at radius 3 is 2.29 bits per heavy atom. The molecule has 1 aromatic rings. The van der Waals surface area contributed by atoms with Gasteiger partial charge in [0, 0.05) is 24.7 Å². The number of aryl methyl sites for hydroxylation is 2. The topological polar surface area (TPSA) is 88.6 Å². The van der Waals surface area contributed by atoms with Crippen LogP contribution in [0.5, 0.6) is 0 Å². The number of furan rings is 1. The summed E-state index contributed by atoms with van der Waals surface area (Å²) >= 11 is 0. The maximum Gasteiger partial charge on any atom is 0.244 e. The van der Waals surface area contributed by atoms with Gasteiger partial charge in [0.2, 0.25) is 10.0 Å². The van der Waals surface area contributed by atoms with Crippen LogP contribution in [0.3, 0.4) is 0 Å². The SMILES string of the molecule is CCN(CC)CC(C)NS(=O)(=O)c1c(C)oc(C)c1CN. The second-order valence-electron chi connectivity index (χ2n) is 5.23. The molecule has 21 heavy (non-hydrogen) atoms. The zero-order chi connectivity index (χ0) is 16.2. The number of nitrogens with two attached hydrogens (primary N) is 1. The van der Waals surface area contributed by atoms with Crippen molar-refractivity contribution in [2.24, 2.45) is 5.73 Å². The van der Waals surface area contributed by atoms with Crippen molar-refractivity contribution in [2.45, 2.75) is 52.1 Å². The van der Waals surface area contributed by atoms with E-state index in [0.29, 0.717) is 23.6 Å². The summed E-state index contributed by atoms with van der Waals surface area (Å²) in [5.41, 5.74) is 6.21. The highest BCUT2D eigenvalue weighted by atomic mass is 32.2. The van der Waals surface area contributed by atoms with E-state index in [2.05, 4.69) is 23.5 Å². The summed E-state index contributed by atoms with van der Waals surface area (Å²) in [5.74, 6) is 0.947. The molecule has 0 aliphatic carbocycles. The van der Waals surface area contributed by atoms with Gasteiger partial charge >= 0.3 is 0 Å². The molecule has 122 valence electrons. The Labute approximate surface area is 127 Å². The molecular weight excluding hydrogens is 290 g/mol. The Bertz CT molecular complexity index is 562. The molecule has 7 heteroatoms. The highest BCUT2D eigenvalue weighted by Gasteiger charge is 2.27. The van der Waals surface area contributed by atoms with Gasteiger partial charge in [-0.05, 0) is 33.9 Å². The quantitative estimate of drug-likeness (QED) is 0.756. The second kappa shape index (κ2) is 7.40. The van der Waals surface area contributed by atoms with Gasteiger partial charge in [-0.25, -0.2) is 13.1 Å². The third-order valence-electron chi connectivity index (χ3n) is 3.58. The first-order valence-corrected chi connectivity index (χ1v) is 8.78. The summed E-state index contributed by atoms with van der Waals surface area (Å²) < 4.78 is 33.3. The normalized spacial score (nSPS) is 13.9. The van der Waals surface area contributed by atoms with E-state index in [1.165, 1.54) is 0 Å². The van der Waals surface area contributed by atoms with Gasteiger partial charge in [-0.1, -0.05) is 13.8 Å². The highest BCUT2D eigenvalue weighted by Crippen LogP contribution is 2.26. The maximum atomic E-state index is 12.6. The first kappa shape index (κ1) is 18.2. The highest BCUT2D eigenvalue weighted by molar-refractivity contribution is 7.89. The first-order chi connectivity index (χ1) is 9.76. The Balaban J connectivity index is 2.97. The Hall–Kier alpha value is -0.890. The summed E-state index contributed by atoms with van der Waals surface area (Å²) in [6.45, 7) is 11.9. The lowest BCUT2D eigenvalue weighted by molar-refractivity contribution is 0.282. The van der Waals surface area contributed by atoms with Gasteiger partial charge in [-0.2, -0.15) is 0 Å². The minimum atomic E-state index is -3.62. The van der Waals surface area contributed by atoms with Crippen molar-refractivity contribution in [3.63, 3.8) is 0 Å². The van der Waals surface area contributed by atoms with Crippen LogP contribution >= 0.6 is 0 Å². The van der Waals surface area contributed by atoms with Crippen molar-refractivity contribution in [3.05, 3.63) is 17.1 Å². The molecule has 1 heterocycles. The third-order valence-corrected chi connectivity index (χ3v) is 5.36. The van der Waals surface area contributed by atoms with E-state index in [-0.39, 0.29) is 17.5 Å². The Morgan fingerprint density at radius 1 is 1.24 bits per heavy atom. The monoisotopic (exact) mass is 317 g/mol. The van der Waals surface area contributed by atoms with Crippen LogP contribution in [-0.2, 0) is 16.6 Å². The Morgan fingerprint density at radius 2 is 1.81 bits per heavy atom. The molecule has 0 saturated carbocycles. The summed E-state index contributed by atoms with van der Waals surface area (Å²) in [6.07, 6.45) is 0. The van der Waals surface area contributed by atoms with Crippen molar-refractivity contribution in [1.82, 2.24) is 9.62 Å². The average Bonchev–Trinajstić information content (AvgIpc) is 2.69. The fraction of sp³-hybridized carbons (Fsp3) is 0.714. The minimum absolute atomic E-state index is 0.143. The standard InChI is InChI=1S/C14H27N3O3S/c1-6-17(7-2)9-10(3)16-21(18,19)14-12(5)20-11(4)13(14)8-15/h10,16H,6-9,15H2,1-5H3. The first-order valence-electron chi connectivity index (χ1n) is 7.30. The van der Waals surface area contributed by atoms with Gasteiger partial charge in [0.1, 0.15) is 16.4 Å². The largest absolute Gasteiger partial charge is 0.465 e. The van der Waals surface area contributed by atoms with Crippen LogP contribution in [0, 0.1) is 13.8 Å². The number of likely N-dealkylation sites (N-methyl/N-ethyl adjacent to an activating group) is 1. The van der Waals surface area contributed by atoms with Gasteiger partial charge in [0.25, 0.3) is 0 Å². The van der Waals surface area contributed by atoms with E-state index >= 15 is 0 Å². The van der Waals surface area contributed by atoms with Gasteiger partial charge in [0.05, 0.1) is 0 Å². The van der Waals surface area contributed by atoms with Gasteiger partial charge < -0.3 is 15.1 Å². The van der Waals surface area contributed by atoms with Gasteiger partial charge in [-0.3, -0.25) is 0 Å². The molecule has 0 spiro atoms. The molecule has 3 N–H and O–H groups in total. The van der Waals surface area contributed by atoms with Crippen molar-refractivity contribution in [2.75, 3.05) is 19.6 Å². The van der Waals surface area contributed by atoms with E-state index in [1.807, 2.05) is 6.92 Å². The van der Waals surface area contributed by atoms with Crippen LogP contribution in [-0.4, -0.2) is 39.0 Å². The molecule has 0 aromatic carbocycles.